The smallest absolute Gasteiger partial charge is 0.261 e. The molecule has 0 unspecified atom stereocenters. The second kappa shape index (κ2) is 9.00. The van der Waals surface area contributed by atoms with Crippen molar-refractivity contribution in [1.29, 1.82) is 0 Å². The van der Waals surface area contributed by atoms with Crippen LogP contribution in [0.2, 0.25) is 0 Å². The molecule has 2 aromatic carbocycles. The molecule has 1 heterocycles. The predicted octanol–water partition coefficient (Wildman–Crippen LogP) is 2.87. The Bertz CT molecular complexity index is 1230. The summed E-state index contributed by atoms with van der Waals surface area (Å²) in [6.45, 7) is 2.46. The summed E-state index contributed by atoms with van der Waals surface area (Å²) in [4.78, 5) is 27.9. The number of aromatic amines is 1. The number of benzene rings is 2. The number of nitrogens with one attached hydrogen (secondary N) is 3. The lowest BCUT2D eigenvalue weighted by Gasteiger charge is -2.10. The highest BCUT2D eigenvalue weighted by atomic mass is 32.2. The molecule has 3 aromatic rings. The van der Waals surface area contributed by atoms with E-state index in [-0.39, 0.29) is 15.8 Å². The average Bonchev–Trinajstić information content (AvgIpc) is 2.73. The molecule has 1 aromatic heterocycles. The monoisotopic (exact) mass is 429 g/mol. The van der Waals surface area contributed by atoms with Crippen molar-refractivity contribution in [3.05, 3.63) is 64.4 Å². The highest BCUT2D eigenvalue weighted by molar-refractivity contribution is 7.92. The summed E-state index contributed by atoms with van der Waals surface area (Å²) in [5.74, 6) is 0.0123. The van der Waals surface area contributed by atoms with Gasteiger partial charge < -0.3 is 15.0 Å². The van der Waals surface area contributed by atoms with Crippen molar-refractivity contribution < 1.29 is 17.9 Å². The van der Waals surface area contributed by atoms with Crippen LogP contribution >= 0.6 is 0 Å². The Kier molecular flexibility index (Phi) is 6.41. The maximum Gasteiger partial charge on any atom is 0.261 e. The molecule has 3 rings (SSSR count). The molecule has 0 atom stereocenters. The molecule has 0 spiro atoms. The van der Waals surface area contributed by atoms with E-state index in [1.54, 1.807) is 24.3 Å². The van der Waals surface area contributed by atoms with Crippen LogP contribution in [0.1, 0.15) is 30.1 Å². The Hall–Kier alpha value is -3.33. The number of rotatable bonds is 8. The van der Waals surface area contributed by atoms with E-state index >= 15 is 0 Å². The zero-order valence-corrected chi connectivity index (χ0v) is 17.5. The number of pyridine rings is 1. The first-order chi connectivity index (χ1) is 14.4. The minimum absolute atomic E-state index is 0.0612. The first-order valence-corrected chi connectivity index (χ1v) is 10.9. The molecule has 158 valence electrons. The number of hydrogen-bond donors (Lipinski definition) is 3. The van der Waals surface area contributed by atoms with E-state index < -0.39 is 21.4 Å². The normalized spacial score (nSPS) is 11.3. The molecule has 30 heavy (non-hydrogen) atoms. The van der Waals surface area contributed by atoms with Crippen LogP contribution in [0, 0.1) is 0 Å². The Morgan fingerprint density at radius 3 is 2.70 bits per heavy atom. The highest BCUT2D eigenvalue weighted by Gasteiger charge is 2.18. The van der Waals surface area contributed by atoms with Crippen molar-refractivity contribution in [2.24, 2.45) is 0 Å². The van der Waals surface area contributed by atoms with Gasteiger partial charge in [0.15, 0.2) is 0 Å². The minimum Gasteiger partial charge on any atom is -0.497 e. The highest BCUT2D eigenvalue weighted by Crippen LogP contribution is 2.22. The molecule has 0 aliphatic carbocycles. The molecule has 0 fully saturated rings. The second-order valence-electron chi connectivity index (χ2n) is 6.69. The lowest BCUT2D eigenvalue weighted by Crippen LogP contribution is -2.29. The molecule has 0 saturated heterocycles. The van der Waals surface area contributed by atoms with E-state index in [2.05, 4.69) is 15.0 Å². The molecule has 9 heteroatoms. The van der Waals surface area contributed by atoms with Gasteiger partial charge >= 0.3 is 0 Å². The van der Waals surface area contributed by atoms with E-state index in [0.29, 0.717) is 23.5 Å². The van der Waals surface area contributed by atoms with Gasteiger partial charge in [-0.05, 0) is 36.8 Å². The largest absolute Gasteiger partial charge is 0.497 e. The molecular weight excluding hydrogens is 406 g/mol. The van der Waals surface area contributed by atoms with Gasteiger partial charge in [-0.25, -0.2) is 8.42 Å². The maximum absolute atomic E-state index is 12.8. The fourth-order valence-corrected chi connectivity index (χ4v) is 3.98. The predicted molar refractivity (Wildman–Crippen MR) is 116 cm³/mol. The topological polar surface area (TPSA) is 117 Å². The number of anilines is 1. The van der Waals surface area contributed by atoms with Crippen LogP contribution in [0.5, 0.6) is 5.75 Å². The van der Waals surface area contributed by atoms with Crippen LogP contribution in [0.4, 0.5) is 5.69 Å². The van der Waals surface area contributed by atoms with Gasteiger partial charge in [0.1, 0.15) is 11.3 Å². The number of unbranched alkanes of at least 4 members (excludes halogenated alkanes) is 1. The number of carbonyl (C=O) groups excluding carboxylic acids is 1. The second-order valence-corrected chi connectivity index (χ2v) is 8.37. The number of hydrogen-bond acceptors (Lipinski definition) is 5. The number of aromatic nitrogens is 1. The number of fused-ring (bicyclic) bond motifs is 1. The van der Waals surface area contributed by atoms with Crippen molar-refractivity contribution in [3.63, 3.8) is 0 Å². The molecule has 0 bridgehead atoms. The zero-order valence-electron chi connectivity index (χ0n) is 16.7. The van der Waals surface area contributed by atoms with E-state index in [1.165, 1.54) is 31.5 Å². The Morgan fingerprint density at radius 1 is 1.17 bits per heavy atom. The molecular formula is C21H23N3O5S. The average molecular weight is 429 g/mol. The standard InChI is InChI=1S/C21H23N3O5S/c1-3-4-10-22-21(26)18-13-23-19-9-8-16(12-17(19)20(18)25)30(27,28)24-14-6-5-7-15(11-14)29-2/h5-9,11-13,24H,3-4,10H2,1-2H3,(H,22,26)(H,23,25). The fourth-order valence-electron chi connectivity index (χ4n) is 2.91. The first-order valence-electron chi connectivity index (χ1n) is 9.46. The summed E-state index contributed by atoms with van der Waals surface area (Å²) < 4.78 is 33.2. The van der Waals surface area contributed by atoms with Gasteiger partial charge in [0.25, 0.3) is 15.9 Å². The van der Waals surface area contributed by atoms with Gasteiger partial charge in [0, 0.05) is 29.7 Å². The van der Waals surface area contributed by atoms with Crippen molar-refractivity contribution in [2.75, 3.05) is 18.4 Å². The maximum atomic E-state index is 12.8. The lowest BCUT2D eigenvalue weighted by atomic mass is 10.1. The van der Waals surface area contributed by atoms with Crippen molar-refractivity contribution in [2.45, 2.75) is 24.7 Å². The van der Waals surface area contributed by atoms with Crippen LogP contribution < -0.4 is 20.2 Å². The SMILES string of the molecule is CCCCNC(=O)c1c[nH]c2ccc(S(=O)(=O)Nc3cccc(OC)c3)cc2c1=O. The van der Waals surface area contributed by atoms with E-state index in [1.807, 2.05) is 6.92 Å². The third-order valence-electron chi connectivity index (χ3n) is 4.55. The van der Waals surface area contributed by atoms with Crippen LogP contribution in [0.3, 0.4) is 0 Å². The molecule has 3 N–H and O–H groups in total. The van der Waals surface area contributed by atoms with Crippen molar-refractivity contribution >= 4 is 32.5 Å². The van der Waals surface area contributed by atoms with Gasteiger partial charge in [0.05, 0.1) is 17.7 Å². The fraction of sp³-hybridized carbons (Fsp3) is 0.238. The van der Waals surface area contributed by atoms with E-state index in [9.17, 15) is 18.0 Å². The Balaban J connectivity index is 1.95. The van der Waals surface area contributed by atoms with E-state index in [0.717, 1.165) is 12.8 Å². The van der Waals surface area contributed by atoms with Crippen LogP contribution in [-0.2, 0) is 10.0 Å². The number of sulfonamides is 1. The van der Waals surface area contributed by atoms with Gasteiger partial charge in [-0.3, -0.25) is 14.3 Å². The first kappa shape index (κ1) is 21.4. The molecule has 0 saturated carbocycles. The number of H-pyrrole nitrogens is 1. The van der Waals surface area contributed by atoms with Crippen LogP contribution in [0.25, 0.3) is 10.9 Å². The number of methoxy groups -OCH3 is 1. The summed E-state index contributed by atoms with van der Waals surface area (Å²) in [5.41, 5.74) is 0.169. The molecule has 8 nitrogen and oxygen atoms in total. The third kappa shape index (κ3) is 4.62. The van der Waals surface area contributed by atoms with Gasteiger partial charge in [0.2, 0.25) is 5.43 Å². The van der Waals surface area contributed by atoms with Crippen molar-refractivity contribution in [1.82, 2.24) is 10.3 Å². The van der Waals surface area contributed by atoms with Gasteiger partial charge in [-0.15, -0.1) is 0 Å². The number of ether oxygens (including phenoxy) is 1. The summed E-state index contributed by atoms with van der Waals surface area (Å²) in [7, 11) is -2.47. The summed E-state index contributed by atoms with van der Waals surface area (Å²) in [6.07, 6.45) is 3.06. The lowest BCUT2D eigenvalue weighted by molar-refractivity contribution is 0.0952. The zero-order chi connectivity index (χ0) is 21.7. The quantitative estimate of drug-likeness (QED) is 0.476. The molecule has 0 radical (unpaired) electrons. The number of carbonyl (C=O) groups is 1. The minimum atomic E-state index is -3.96. The summed E-state index contributed by atoms with van der Waals surface area (Å²) in [6, 6.07) is 10.6. The van der Waals surface area contributed by atoms with Crippen molar-refractivity contribution in [3.8, 4) is 5.75 Å². The summed E-state index contributed by atoms with van der Waals surface area (Å²) in [5, 5.41) is 2.81. The van der Waals surface area contributed by atoms with Crippen LogP contribution in [0.15, 0.2) is 58.4 Å². The molecule has 1 amide bonds. The Morgan fingerprint density at radius 2 is 1.97 bits per heavy atom. The molecule has 0 aliphatic heterocycles. The third-order valence-corrected chi connectivity index (χ3v) is 5.92. The number of amides is 1. The Labute approximate surface area is 174 Å². The molecule has 0 aliphatic rings. The van der Waals surface area contributed by atoms with Crippen LogP contribution in [-0.4, -0.2) is 33.0 Å². The van der Waals surface area contributed by atoms with Gasteiger partial charge in [-0.1, -0.05) is 19.4 Å². The van der Waals surface area contributed by atoms with Gasteiger partial charge in [-0.2, -0.15) is 0 Å². The van der Waals surface area contributed by atoms with E-state index in [4.69, 9.17) is 4.74 Å². The summed E-state index contributed by atoms with van der Waals surface area (Å²) >= 11 is 0.